The molecule has 0 aliphatic carbocycles. The number of benzene rings is 1. The number of hydrogen-bond donors (Lipinski definition) is 0. The van der Waals surface area contributed by atoms with Crippen LogP contribution in [0.1, 0.15) is 37.8 Å². The van der Waals surface area contributed by atoms with E-state index in [2.05, 4.69) is 4.74 Å². The molecule has 12 heteroatoms. The van der Waals surface area contributed by atoms with E-state index >= 15 is 0 Å². The molecule has 3 rings (SSSR count). The largest absolute Gasteiger partial charge is 0.437 e. The van der Waals surface area contributed by atoms with Gasteiger partial charge in [-0.05, 0) is 50.5 Å². The van der Waals surface area contributed by atoms with Gasteiger partial charge in [0, 0.05) is 45.0 Å². The molecular weight excluding hydrogens is 468 g/mol. The van der Waals surface area contributed by atoms with Crippen LogP contribution in [0, 0.1) is 0 Å². The van der Waals surface area contributed by atoms with Gasteiger partial charge in [-0.25, -0.2) is 4.79 Å². The van der Waals surface area contributed by atoms with E-state index in [1.165, 1.54) is 6.92 Å². The Bertz CT molecular complexity index is 897. The fourth-order valence-electron chi connectivity index (χ4n) is 4.23. The number of alkyl halides is 6. The van der Waals surface area contributed by atoms with E-state index in [1.807, 2.05) is 4.90 Å². The lowest BCUT2D eigenvalue weighted by molar-refractivity contribution is -0.200. The zero-order chi connectivity index (χ0) is 25.3. The Hall–Kier alpha value is -2.50. The standard InChI is InChI=1S/C22H27F6N3O3/c1-14(32)19-4-3-5-31(19)18-11-16(10-17(12-18)22(26,27)28)13-29-6-8-30(9-7-29)20(33)34-15(2)21(23,24)25/h10-12,15,19H,3-9,13H2,1-2H3. The number of rotatable bonds is 5. The molecule has 2 heterocycles. The van der Waals surface area contributed by atoms with Gasteiger partial charge in [0.1, 0.15) is 0 Å². The molecule has 1 amide bonds. The lowest BCUT2D eigenvalue weighted by Gasteiger charge is -2.35. The van der Waals surface area contributed by atoms with Gasteiger partial charge in [-0.15, -0.1) is 0 Å². The first-order valence-corrected chi connectivity index (χ1v) is 11.0. The first kappa shape index (κ1) is 26.1. The third-order valence-electron chi connectivity index (χ3n) is 6.13. The average molecular weight is 495 g/mol. The highest BCUT2D eigenvalue weighted by molar-refractivity contribution is 5.85. The van der Waals surface area contributed by atoms with Gasteiger partial charge in [-0.1, -0.05) is 0 Å². The maximum Gasteiger partial charge on any atom is 0.425 e. The van der Waals surface area contributed by atoms with Crippen LogP contribution in [-0.4, -0.2) is 72.7 Å². The second kappa shape index (κ2) is 10.0. The van der Waals surface area contributed by atoms with Crippen molar-refractivity contribution in [2.45, 2.75) is 57.7 Å². The summed E-state index contributed by atoms with van der Waals surface area (Å²) in [5.41, 5.74) is -0.0656. The Balaban J connectivity index is 1.69. The molecule has 0 spiro atoms. The van der Waals surface area contributed by atoms with E-state index in [0.29, 0.717) is 30.6 Å². The molecule has 0 bridgehead atoms. The number of carbonyl (C=O) groups excluding carboxylic acids is 2. The summed E-state index contributed by atoms with van der Waals surface area (Å²) in [7, 11) is 0. The predicted octanol–water partition coefficient (Wildman–Crippen LogP) is 4.47. The van der Waals surface area contributed by atoms with Gasteiger partial charge >= 0.3 is 18.4 Å². The maximum absolute atomic E-state index is 13.6. The topological polar surface area (TPSA) is 53.1 Å². The fourth-order valence-corrected chi connectivity index (χ4v) is 4.23. The Morgan fingerprint density at radius 1 is 1.03 bits per heavy atom. The van der Waals surface area contributed by atoms with Crippen LogP contribution in [0.2, 0.25) is 0 Å². The van der Waals surface area contributed by atoms with E-state index < -0.39 is 36.2 Å². The van der Waals surface area contributed by atoms with Crippen molar-refractivity contribution in [2.75, 3.05) is 37.6 Å². The van der Waals surface area contributed by atoms with Crippen molar-refractivity contribution in [3.8, 4) is 0 Å². The van der Waals surface area contributed by atoms with Crippen LogP contribution < -0.4 is 4.90 Å². The lowest BCUT2D eigenvalue weighted by Crippen LogP contribution is -2.49. The molecule has 6 nitrogen and oxygen atoms in total. The van der Waals surface area contributed by atoms with Crippen molar-refractivity contribution in [1.82, 2.24) is 9.80 Å². The number of Topliss-reactive ketones (excluding diaryl/α,β-unsaturated/α-hetero) is 1. The Morgan fingerprint density at radius 2 is 1.68 bits per heavy atom. The molecule has 2 atom stereocenters. The molecule has 0 radical (unpaired) electrons. The van der Waals surface area contributed by atoms with Crippen LogP contribution in [-0.2, 0) is 22.3 Å². The van der Waals surface area contributed by atoms with Crippen LogP contribution in [0.3, 0.4) is 0 Å². The summed E-state index contributed by atoms with van der Waals surface area (Å²) in [6.07, 6.45) is -11.2. The number of piperazine rings is 1. The molecule has 2 aliphatic heterocycles. The molecule has 2 fully saturated rings. The van der Waals surface area contributed by atoms with Gasteiger partial charge in [0.05, 0.1) is 11.6 Å². The summed E-state index contributed by atoms with van der Waals surface area (Å²) >= 11 is 0. The normalized spacial score (nSPS) is 21.0. The van der Waals surface area contributed by atoms with Crippen LogP contribution in [0.4, 0.5) is 36.8 Å². The third-order valence-corrected chi connectivity index (χ3v) is 6.13. The smallest absolute Gasteiger partial charge is 0.425 e. The minimum Gasteiger partial charge on any atom is -0.437 e. The van der Waals surface area contributed by atoms with E-state index in [4.69, 9.17) is 0 Å². The van der Waals surface area contributed by atoms with Gasteiger partial charge in [0.2, 0.25) is 0 Å². The summed E-state index contributed by atoms with van der Waals surface area (Å²) in [6.45, 7) is 3.54. The molecule has 1 aromatic rings. The highest BCUT2D eigenvalue weighted by atomic mass is 19.4. The number of nitrogens with zero attached hydrogens (tertiary/aromatic N) is 3. The van der Waals surface area contributed by atoms with Crippen molar-refractivity contribution in [3.63, 3.8) is 0 Å². The second-order valence-electron chi connectivity index (χ2n) is 8.68. The summed E-state index contributed by atoms with van der Waals surface area (Å²) in [6, 6.07) is 3.31. The van der Waals surface area contributed by atoms with Gasteiger partial charge in [0.15, 0.2) is 11.9 Å². The zero-order valence-corrected chi connectivity index (χ0v) is 18.9. The molecule has 2 unspecified atom stereocenters. The number of amides is 1. The van der Waals surface area contributed by atoms with E-state index in [1.54, 1.807) is 11.0 Å². The van der Waals surface area contributed by atoms with Crippen molar-refractivity contribution in [3.05, 3.63) is 29.3 Å². The Morgan fingerprint density at radius 3 is 2.24 bits per heavy atom. The van der Waals surface area contributed by atoms with Gasteiger partial charge in [0.25, 0.3) is 0 Å². The van der Waals surface area contributed by atoms with Gasteiger partial charge in [-0.2, -0.15) is 26.3 Å². The number of ether oxygens (including phenoxy) is 1. The molecule has 2 aliphatic rings. The number of hydrogen-bond acceptors (Lipinski definition) is 5. The van der Waals surface area contributed by atoms with E-state index in [0.717, 1.165) is 24.0 Å². The van der Waals surface area contributed by atoms with E-state index in [9.17, 15) is 35.9 Å². The van der Waals surface area contributed by atoms with Crippen molar-refractivity contribution < 1.29 is 40.7 Å². The summed E-state index contributed by atoms with van der Waals surface area (Å²) in [4.78, 5) is 28.6. The molecule has 190 valence electrons. The molecular formula is C22H27F6N3O3. The average Bonchev–Trinajstić information content (AvgIpc) is 3.23. The number of anilines is 1. The molecule has 0 aromatic heterocycles. The van der Waals surface area contributed by atoms with Gasteiger partial charge < -0.3 is 14.5 Å². The van der Waals surface area contributed by atoms with E-state index in [-0.39, 0.29) is 38.5 Å². The third kappa shape index (κ3) is 6.34. The molecule has 34 heavy (non-hydrogen) atoms. The Labute approximate surface area is 193 Å². The lowest BCUT2D eigenvalue weighted by atomic mass is 10.1. The number of halogens is 6. The van der Waals surface area contributed by atoms with Crippen LogP contribution >= 0.6 is 0 Å². The Kier molecular flexibility index (Phi) is 7.69. The summed E-state index contributed by atoms with van der Waals surface area (Å²) < 4.78 is 82.9. The predicted molar refractivity (Wildman–Crippen MR) is 111 cm³/mol. The highest BCUT2D eigenvalue weighted by Crippen LogP contribution is 2.35. The second-order valence-corrected chi connectivity index (χ2v) is 8.68. The summed E-state index contributed by atoms with van der Waals surface area (Å²) in [5, 5.41) is 0. The van der Waals surface area contributed by atoms with Crippen LogP contribution in [0.5, 0.6) is 0 Å². The number of ketones is 1. The van der Waals surface area contributed by atoms with Crippen LogP contribution in [0.25, 0.3) is 0 Å². The highest BCUT2D eigenvalue weighted by Gasteiger charge is 2.40. The SMILES string of the molecule is CC(=O)C1CCCN1c1cc(CN2CCN(C(=O)OC(C)C(F)(F)F)CC2)cc(C(F)(F)F)c1. The molecule has 1 aromatic carbocycles. The van der Waals surface area contributed by atoms with Gasteiger partial charge in [-0.3, -0.25) is 9.69 Å². The van der Waals surface area contributed by atoms with Crippen molar-refractivity contribution in [1.29, 1.82) is 0 Å². The quantitative estimate of drug-likeness (QED) is 0.565. The van der Waals surface area contributed by atoms with Crippen molar-refractivity contribution in [2.24, 2.45) is 0 Å². The first-order valence-electron chi connectivity index (χ1n) is 11.0. The summed E-state index contributed by atoms with van der Waals surface area (Å²) in [5.74, 6) is -0.0979. The van der Waals surface area contributed by atoms with Crippen molar-refractivity contribution >= 4 is 17.6 Å². The minimum atomic E-state index is -4.66. The molecule has 2 saturated heterocycles. The monoisotopic (exact) mass is 495 g/mol. The molecule has 0 N–H and O–H groups in total. The zero-order valence-electron chi connectivity index (χ0n) is 18.9. The fraction of sp³-hybridized carbons (Fsp3) is 0.636. The number of carbonyl (C=O) groups is 2. The van der Waals surface area contributed by atoms with Crippen LogP contribution in [0.15, 0.2) is 18.2 Å². The molecule has 0 saturated carbocycles. The minimum absolute atomic E-state index is 0.0910. The maximum atomic E-state index is 13.6. The first-order chi connectivity index (χ1) is 15.8.